The zero-order valence-electron chi connectivity index (χ0n) is 38.6. The van der Waals surface area contributed by atoms with E-state index in [1.165, 1.54) is 0 Å². The van der Waals surface area contributed by atoms with Crippen LogP contribution in [0, 0.1) is 0 Å². The molecule has 1 heterocycles. The molecular weight excluding hydrogens is 881 g/mol. The molecule has 0 unspecified atom stereocenters. The van der Waals surface area contributed by atoms with E-state index < -0.39 is 11.9 Å². The summed E-state index contributed by atoms with van der Waals surface area (Å²) in [5, 5.41) is 0. The van der Waals surface area contributed by atoms with Gasteiger partial charge in [-0.3, -0.25) is 0 Å². The lowest BCUT2D eigenvalue weighted by Crippen LogP contribution is -2.17. The predicted octanol–water partition coefficient (Wildman–Crippen LogP) is 12.9. The fraction of sp³-hybridized carbons (Fsp3) is 0.167. The summed E-state index contributed by atoms with van der Waals surface area (Å²) in [5.74, 6) is -0.375. The van der Waals surface area contributed by atoms with E-state index >= 15 is 0 Å². The maximum atomic E-state index is 15.0. The van der Waals surface area contributed by atoms with Gasteiger partial charge in [-0.05, 0) is 58.4 Å². The van der Waals surface area contributed by atoms with Gasteiger partial charge in [0.05, 0.1) is 24.3 Å². The maximum Gasteiger partial charge on any atom is 0.339 e. The van der Waals surface area contributed by atoms with Gasteiger partial charge >= 0.3 is 11.9 Å². The Bertz CT molecular complexity index is 2750. The Balaban J connectivity index is 1.35. The zero-order valence-corrected chi connectivity index (χ0v) is 38.6. The van der Waals surface area contributed by atoms with Crippen molar-refractivity contribution in [3.63, 3.8) is 0 Å². The standard InChI is InChI=1S/C60H52O10/c61-59-49-35-51(65-37-43-21-7-1-8-22-43)55(67-39-45-25-11-3-12-26-45)57(69-41-47-29-15-5-16-30-47)53(49)54-50(60(62)64-34-20-19-33-63-59)36-52(66-38-44-23-9-2-10-24-44)56(68-40-46-27-13-4-14-28-46)58(54)70-42-48-31-17-6-18-32-48/h1-18,21-32,35-36H,19-20,33-34,37-42H2. The van der Waals surface area contributed by atoms with Crippen LogP contribution in [0.3, 0.4) is 0 Å². The van der Waals surface area contributed by atoms with Crippen LogP contribution in [0.5, 0.6) is 34.5 Å². The number of carbonyl (C=O) groups excluding carboxylic acids is 2. The summed E-state index contributed by atoms with van der Waals surface area (Å²) in [4.78, 5) is 30.0. The Morgan fingerprint density at radius 1 is 0.314 bits per heavy atom. The van der Waals surface area contributed by atoms with E-state index in [9.17, 15) is 9.59 Å². The third-order valence-corrected chi connectivity index (χ3v) is 11.5. The van der Waals surface area contributed by atoms with Crippen LogP contribution in [0.4, 0.5) is 0 Å². The number of fused-ring (bicyclic) bond motifs is 3. The highest BCUT2D eigenvalue weighted by molar-refractivity contribution is 6.08. The molecule has 0 fully saturated rings. The summed E-state index contributed by atoms with van der Waals surface area (Å²) in [6.45, 7) is 0.623. The minimum absolute atomic E-state index is 0.0295. The summed E-state index contributed by atoms with van der Waals surface area (Å²) in [6.07, 6.45) is 0.884. The van der Waals surface area contributed by atoms with Crippen molar-refractivity contribution in [3.05, 3.63) is 239 Å². The maximum absolute atomic E-state index is 15.0. The number of rotatable bonds is 18. The first kappa shape index (κ1) is 46.6. The number of benzene rings is 8. The molecule has 0 amide bonds. The van der Waals surface area contributed by atoms with Gasteiger partial charge in [-0.15, -0.1) is 0 Å². The minimum atomic E-state index is -0.677. The second kappa shape index (κ2) is 23.5. The topological polar surface area (TPSA) is 108 Å². The van der Waals surface area contributed by atoms with E-state index in [1.807, 2.05) is 182 Å². The van der Waals surface area contributed by atoms with E-state index in [0.29, 0.717) is 12.8 Å². The summed E-state index contributed by atoms with van der Waals surface area (Å²) >= 11 is 0. The van der Waals surface area contributed by atoms with Crippen LogP contribution in [0.25, 0.3) is 11.1 Å². The highest BCUT2D eigenvalue weighted by Gasteiger charge is 2.36. The van der Waals surface area contributed by atoms with Crippen LogP contribution >= 0.6 is 0 Å². The lowest BCUT2D eigenvalue weighted by atomic mass is 9.91. The van der Waals surface area contributed by atoms with Gasteiger partial charge in [0.15, 0.2) is 23.0 Å². The Morgan fingerprint density at radius 3 is 0.829 bits per heavy atom. The summed E-state index contributed by atoms with van der Waals surface area (Å²) in [7, 11) is 0. The van der Waals surface area contributed by atoms with E-state index in [2.05, 4.69) is 0 Å². The van der Waals surface area contributed by atoms with Crippen LogP contribution in [0.1, 0.15) is 66.9 Å². The zero-order chi connectivity index (χ0) is 47.7. The van der Waals surface area contributed by atoms with Crippen molar-refractivity contribution in [2.75, 3.05) is 13.2 Å². The van der Waals surface area contributed by atoms with Crippen LogP contribution in [0.15, 0.2) is 194 Å². The smallest absolute Gasteiger partial charge is 0.339 e. The lowest BCUT2D eigenvalue weighted by Gasteiger charge is -2.27. The number of hydrogen-bond donors (Lipinski definition) is 0. The molecular formula is C60H52O10. The first-order chi connectivity index (χ1) is 34.6. The van der Waals surface area contributed by atoms with Crippen LogP contribution in [-0.4, -0.2) is 25.2 Å². The predicted molar refractivity (Wildman–Crippen MR) is 266 cm³/mol. The van der Waals surface area contributed by atoms with Gasteiger partial charge in [-0.1, -0.05) is 182 Å². The molecule has 8 aromatic carbocycles. The Labute approximate surface area is 407 Å². The molecule has 0 atom stereocenters. The number of esters is 2. The molecule has 10 heteroatoms. The van der Waals surface area contributed by atoms with Gasteiger partial charge < -0.3 is 37.9 Å². The minimum Gasteiger partial charge on any atom is -0.485 e. The Morgan fingerprint density at radius 2 is 0.557 bits per heavy atom. The van der Waals surface area contributed by atoms with Crippen molar-refractivity contribution < 1.29 is 47.5 Å². The van der Waals surface area contributed by atoms with Gasteiger partial charge in [0.2, 0.25) is 11.5 Å². The lowest BCUT2D eigenvalue weighted by molar-refractivity contribution is 0.0429. The molecule has 0 bridgehead atoms. The van der Waals surface area contributed by atoms with Crippen molar-refractivity contribution in [2.24, 2.45) is 0 Å². The molecule has 0 saturated heterocycles. The molecule has 0 radical (unpaired) electrons. The second-order valence-electron chi connectivity index (χ2n) is 16.5. The molecule has 0 aliphatic carbocycles. The first-order valence-electron chi connectivity index (χ1n) is 23.3. The van der Waals surface area contributed by atoms with E-state index in [4.69, 9.17) is 37.9 Å². The fourth-order valence-electron chi connectivity index (χ4n) is 7.89. The molecule has 9 rings (SSSR count). The van der Waals surface area contributed by atoms with Crippen LogP contribution in [-0.2, 0) is 49.1 Å². The van der Waals surface area contributed by atoms with Gasteiger partial charge in [0.25, 0.3) is 0 Å². The molecule has 0 aromatic heterocycles. The number of hydrogen-bond acceptors (Lipinski definition) is 10. The van der Waals surface area contributed by atoms with Gasteiger partial charge in [-0.25, -0.2) is 9.59 Å². The van der Waals surface area contributed by atoms with Gasteiger partial charge in [-0.2, -0.15) is 0 Å². The van der Waals surface area contributed by atoms with E-state index in [0.717, 1.165) is 33.4 Å². The van der Waals surface area contributed by atoms with Crippen molar-refractivity contribution in [1.29, 1.82) is 0 Å². The van der Waals surface area contributed by atoms with Crippen molar-refractivity contribution >= 4 is 11.9 Å². The van der Waals surface area contributed by atoms with Crippen LogP contribution in [0.2, 0.25) is 0 Å². The molecule has 352 valence electrons. The largest absolute Gasteiger partial charge is 0.485 e. The molecule has 8 aromatic rings. The third kappa shape index (κ3) is 12.0. The summed E-state index contributed by atoms with van der Waals surface area (Å²) in [5.41, 5.74) is 5.50. The van der Waals surface area contributed by atoms with Crippen LogP contribution < -0.4 is 28.4 Å². The average Bonchev–Trinajstić information content (AvgIpc) is 3.41. The van der Waals surface area contributed by atoms with Gasteiger partial charge in [0, 0.05) is 11.1 Å². The number of cyclic esters (lactones) is 2. The molecule has 0 saturated carbocycles. The monoisotopic (exact) mass is 932 g/mol. The normalized spacial score (nSPS) is 12.4. The fourth-order valence-corrected chi connectivity index (χ4v) is 7.89. The SMILES string of the molecule is O=C1OCCCCOC(=O)c2cc(OCc3ccccc3)c(OCc3ccccc3)c(OCc3ccccc3)c2-c2c1cc(OCc1ccccc1)c(OCc1ccccc1)c2OCc1ccccc1. The second-order valence-corrected chi connectivity index (χ2v) is 16.5. The molecule has 1 aliphatic heterocycles. The van der Waals surface area contributed by atoms with E-state index in [-0.39, 0.29) is 110 Å². The molecule has 1 aliphatic rings. The van der Waals surface area contributed by atoms with E-state index in [1.54, 1.807) is 12.1 Å². The summed E-state index contributed by atoms with van der Waals surface area (Å²) in [6, 6.07) is 61.2. The average molecular weight is 933 g/mol. The third-order valence-electron chi connectivity index (χ3n) is 11.5. The first-order valence-corrected chi connectivity index (χ1v) is 23.3. The molecule has 0 spiro atoms. The quantitative estimate of drug-likeness (QED) is 0.0772. The van der Waals surface area contributed by atoms with Gasteiger partial charge in [0.1, 0.15) is 39.6 Å². The highest BCUT2D eigenvalue weighted by atomic mass is 16.6. The molecule has 0 N–H and O–H groups in total. The van der Waals surface area contributed by atoms with Crippen molar-refractivity contribution in [2.45, 2.75) is 52.5 Å². The Hall–Kier alpha value is -8.50. The van der Waals surface area contributed by atoms with Crippen molar-refractivity contribution in [1.82, 2.24) is 0 Å². The van der Waals surface area contributed by atoms with Crippen molar-refractivity contribution in [3.8, 4) is 45.6 Å². The highest BCUT2D eigenvalue weighted by Crippen LogP contribution is 2.56. The molecule has 10 nitrogen and oxygen atoms in total. The number of ether oxygens (including phenoxy) is 8. The summed E-state index contributed by atoms with van der Waals surface area (Å²) < 4.78 is 53.2. The molecule has 70 heavy (non-hydrogen) atoms. The Kier molecular flexibility index (Phi) is 15.6. The number of carbonyl (C=O) groups is 2.